The lowest BCUT2D eigenvalue weighted by atomic mass is 9.53. The van der Waals surface area contributed by atoms with E-state index in [1.54, 1.807) is 0 Å². The molecule has 168 valence electrons. The number of hydrogen-bond donors (Lipinski definition) is 2. The molecule has 3 unspecified atom stereocenters. The Bertz CT molecular complexity index is 712. The summed E-state index contributed by atoms with van der Waals surface area (Å²) in [6, 6.07) is 6.17. The van der Waals surface area contributed by atoms with Gasteiger partial charge in [-0.2, -0.15) is 0 Å². The molecule has 3 nitrogen and oxygen atoms in total. The van der Waals surface area contributed by atoms with Gasteiger partial charge in [-0.3, -0.25) is 0 Å². The topological polar surface area (TPSA) is 49.7 Å². The minimum atomic E-state index is -0.115. The van der Waals surface area contributed by atoms with Crippen LogP contribution in [-0.2, 0) is 4.74 Å². The number of unbranched alkanes of at least 4 members (excludes halogenated alkanes) is 2. The van der Waals surface area contributed by atoms with E-state index in [-0.39, 0.29) is 11.5 Å². The van der Waals surface area contributed by atoms with Crippen molar-refractivity contribution in [3.63, 3.8) is 0 Å². The van der Waals surface area contributed by atoms with Crippen LogP contribution in [0.4, 0.5) is 0 Å². The predicted octanol–water partition coefficient (Wildman–Crippen LogP) is 6.53. The quantitative estimate of drug-likeness (QED) is 0.476. The van der Waals surface area contributed by atoms with Crippen molar-refractivity contribution in [2.45, 2.75) is 109 Å². The van der Waals surface area contributed by atoms with Crippen molar-refractivity contribution in [3.05, 3.63) is 29.3 Å². The summed E-state index contributed by atoms with van der Waals surface area (Å²) < 4.78 is 5.52. The average Bonchev–Trinajstić information content (AvgIpc) is 3.05. The summed E-state index contributed by atoms with van der Waals surface area (Å²) in [5, 5.41) is 20.9. The first-order chi connectivity index (χ1) is 14.5. The largest absolute Gasteiger partial charge is 0.508 e. The molecular formula is C27H42O3. The first kappa shape index (κ1) is 22.1. The maximum atomic E-state index is 10.7. The van der Waals surface area contributed by atoms with Crippen molar-refractivity contribution in [1.82, 2.24) is 0 Å². The molecule has 2 fully saturated rings. The molecular weight excluding hydrogens is 372 g/mol. The number of methoxy groups -OCH3 is 1. The minimum Gasteiger partial charge on any atom is -0.508 e. The smallest absolute Gasteiger partial charge is 0.115 e. The second kappa shape index (κ2) is 9.20. The zero-order valence-corrected chi connectivity index (χ0v) is 19.3. The van der Waals surface area contributed by atoms with Crippen LogP contribution in [0.25, 0.3) is 0 Å². The van der Waals surface area contributed by atoms with Gasteiger partial charge in [-0.25, -0.2) is 0 Å². The second-order valence-corrected chi connectivity index (χ2v) is 10.7. The Morgan fingerprint density at radius 2 is 1.97 bits per heavy atom. The van der Waals surface area contributed by atoms with E-state index in [0.717, 1.165) is 25.7 Å². The lowest BCUT2D eigenvalue weighted by Crippen LogP contribution is -2.44. The molecule has 1 aromatic rings. The summed E-state index contributed by atoms with van der Waals surface area (Å²) in [5.41, 5.74) is 3.04. The van der Waals surface area contributed by atoms with Gasteiger partial charge in [-0.05, 0) is 104 Å². The number of aromatic hydroxyl groups is 1. The molecule has 0 bridgehead atoms. The summed E-state index contributed by atoms with van der Waals surface area (Å²) in [7, 11) is 1.83. The molecule has 0 aliphatic heterocycles. The van der Waals surface area contributed by atoms with Crippen molar-refractivity contribution in [1.29, 1.82) is 0 Å². The van der Waals surface area contributed by atoms with Crippen molar-refractivity contribution in [3.8, 4) is 5.75 Å². The van der Waals surface area contributed by atoms with Crippen LogP contribution in [0.5, 0.6) is 5.75 Å². The van der Waals surface area contributed by atoms with Crippen molar-refractivity contribution in [2.24, 2.45) is 17.3 Å². The molecule has 1 aromatic carbocycles. The number of phenolic OH excluding ortho intramolecular Hbond substituents is 1. The van der Waals surface area contributed by atoms with Gasteiger partial charge in [-0.1, -0.05) is 39.2 Å². The molecule has 0 spiro atoms. The SMILES string of the molecule is CCC(CCCCCC1C[C@@H]2[C@H](CC[C@]3(C)C(O)CC[C@@H]23)c2ccc(O)cc21)OC. The van der Waals surface area contributed by atoms with E-state index in [4.69, 9.17) is 4.74 Å². The second-order valence-electron chi connectivity index (χ2n) is 10.7. The highest BCUT2D eigenvalue weighted by molar-refractivity contribution is 5.42. The van der Waals surface area contributed by atoms with Gasteiger partial charge >= 0.3 is 0 Å². The fourth-order valence-electron chi connectivity index (χ4n) is 7.39. The Morgan fingerprint density at radius 3 is 2.73 bits per heavy atom. The summed E-state index contributed by atoms with van der Waals surface area (Å²) in [4.78, 5) is 0. The highest BCUT2D eigenvalue weighted by Crippen LogP contribution is 2.62. The molecule has 0 amide bonds. The third-order valence-corrected chi connectivity index (χ3v) is 9.22. The number of fused-ring (bicyclic) bond motifs is 5. The van der Waals surface area contributed by atoms with Gasteiger partial charge in [0.05, 0.1) is 12.2 Å². The normalized spacial score (nSPS) is 36.1. The van der Waals surface area contributed by atoms with E-state index >= 15 is 0 Å². The minimum absolute atomic E-state index is 0.115. The van der Waals surface area contributed by atoms with Gasteiger partial charge in [0.1, 0.15) is 5.75 Å². The fourth-order valence-corrected chi connectivity index (χ4v) is 7.39. The van der Waals surface area contributed by atoms with Crippen LogP contribution in [0.1, 0.15) is 107 Å². The Labute approximate surface area is 183 Å². The lowest BCUT2D eigenvalue weighted by molar-refractivity contribution is -0.0252. The molecule has 3 heteroatoms. The van der Waals surface area contributed by atoms with E-state index in [9.17, 15) is 10.2 Å². The van der Waals surface area contributed by atoms with Crippen molar-refractivity contribution >= 4 is 0 Å². The van der Waals surface area contributed by atoms with E-state index in [1.165, 1.54) is 56.1 Å². The molecule has 7 atom stereocenters. The molecule has 4 rings (SSSR count). The zero-order valence-electron chi connectivity index (χ0n) is 19.3. The summed E-state index contributed by atoms with van der Waals surface area (Å²) in [5.74, 6) is 2.94. The van der Waals surface area contributed by atoms with E-state index in [2.05, 4.69) is 26.0 Å². The number of hydrogen-bond acceptors (Lipinski definition) is 3. The molecule has 0 saturated heterocycles. The van der Waals surface area contributed by atoms with E-state index in [0.29, 0.717) is 35.5 Å². The van der Waals surface area contributed by atoms with Gasteiger partial charge in [0.2, 0.25) is 0 Å². The van der Waals surface area contributed by atoms with Crippen molar-refractivity contribution in [2.75, 3.05) is 7.11 Å². The Hall–Kier alpha value is -1.06. The number of aliphatic hydroxyl groups excluding tert-OH is 1. The summed E-state index contributed by atoms with van der Waals surface area (Å²) in [6.45, 7) is 4.56. The predicted molar refractivity (Wildman–Crippen MR) is 122 cm³/mol. The lowest BCUT2D eigenvalue weighted by Gasteiger charge is -2.51. The van der Waals surface area contributed by atoms with Crippen LogP contribution in [0.15, 0.2) is 18.2 Å². The molecule has 2 saturated carbocycles. The third-order valence-electron chi connectivity index (χ3n) is 9.22. The Balaban J connectivity index is 1.47. The number of benzene rings is 1. The maximum Gasteiger partial charge on any atom is 0.115 e. The van der Waals surface area contributed by atoms with E-state index in [1.807, 2.05) is 13.2 Å². The first-order valence-electron chi connectivity index (χ1n) is 12.5. The average molecular weight is 415 g/mol. The van der Waals surface area contributed by atoms with Crippen LogP contribution in [0.3, 0.4) is 0 Å². The molecule has 3 aliphatic rings. The molecule has 3 aliphatic carbocycles. The first-order valence-corrected chi connectivity index (χ1v) is 12.5. The Kier molecular flexibility index (Phi) is 6.79. The molecule has 0 aromatic heterocycles. The van der Waals surface area contributed by atoms with Gasteiger partial charge in [-0.15, -0.1) is 0 Å². The Morgan fingerprint density at radius 1 is 1.13 bits per heavy atom. The number of rotatable bonds is 8. The zero-order chi connectivity index (χ0) is 21.3. The van der Waals surface area contributed by atoms with Gasteiger partial charge in [0, 0.05) is 7.11 Å². The third kappa shape index (κ3) is 4.05. The van der Waals surface area contributed by atoms with Gasteiger partial charge < -0.3 is 14.9 Å². The monoisotopic (exact) mass is 414 g/mol. The highest BCUT2D eigenvalue weighted by Gasteiger charge is 2.55. The summed E-state index contributed by atoms with van der Waals surface area (Å²) >= 11 is 0. The van der Waals surface area contributed by atoms with Crippen LogP contribution in [-0.4, -0.2) is 29.5 Å². The fraction of sp³-hybridized carbons (Fsp3) is 0.778. The number of aliphatic hydroxyl groups is 1. The van der Waals surface area contributed by atoms with Crippen molar-refractivity contribution < 1.29 is 14.9 Å². The molecule has 2 N–H and O–H groups in total. The summed E-state index contributed by atoms with van der Waals surface area (Å²) in [6.07, 6.45) is 13.3. The number of phenols is 1. The maximum absolute atomic E-state index is 10.7. The van der Waals surface area contributed by atoms with Crippen LogP contribution in [0, 0.1) is 17.3 Å². The molecule has 0 heterocycles. The molecule has 30 heavy (non-hydrogen) atoms. The number of ether oxygens (including phenoxy) is 1. The van der Waals surface area contributed by atoms with Crippen LogP contribution < -0.4 is 0 Å². The van der Waals surface area contributed by atoms with Crippen LogP contribution >= 0.6 is 0 Å². The highest BCUT2D eigenvalue weighted by atomic mass is 16.5. The van der Waals surface area contributed by atoms with E-state index < -0.39 is 0 Å². The molecule has 0 radical (unpaired) electrons. The van der Waals surface area contributed by atoms with Gasteiger partial charge in [0.25, 0.3) is 0 Å². The van der Waals surface area contributed by atoms with Gasteiger partial charge in [0.15, 0.2) is 0 Å². The standard InChI is InChI=1S/C27H42O3/c1-4-20(30-3)9-7-5-6-8-18-16-24-22(21-11-10-19(28)17-23(18)21)14-15-27(2)25(24)12-13-26(27)29/h10-11,17-18,20,22,24-26,28-29H,4-9,12-16H2,1-3H3/t18?,20?,22-,24-,25+,26?,27+/m1/s1. The van der Waals surface area contributed by atoms with Crippen LogP contribution in [0.2, 0.25) is 0 Å².